The summed E-state index contributed by atoms with van der Waals surface area (Å²) < 4.78 is 27.2. The molecule has 0 bridgehead atoms. The van der Waals surface area contributed by atoms with Crippen LogP contribution >= 0.6 is 0 Å². The summed E-state index contributed by atoms with van der Waals surface area (Å²) in [4.78, 5) is 3.94. The van der Waals surface area contributed by atoms with E-state index in [9.17, 15) is 13.9 Å². The van der Waals surface area contributed by atoms with Crippen LogP contribution in [-0.2, 0) is 0 Å². The number of nitrogens with zero attached hydrogens (tertiary/aromatic N) is 1. The largest absolute Gasteiger partial charge is 0.511 e. The van der Waals surface area contributed by atoms with Crippen molar-refractivity contribution in [2.45, 2.75) is 27.7 Å². The molecular formula is C18H21F2NO. The van der Waals surface area contributed by atoms with Crippen molar-refractivity contribution in [2.24, 2.45) is 22.2 Å². The van der Waals surface area contributed by atoms with Gasteiger partial charge in [-0.2, -0.15) is 0 Å². The molecule has 2 atom stereocenters. The third kappa shape index (κ3) is 3.26. The zero-order chi connectivity index (χ0) is 16.5. The van der Waals surface area contributed by atoms with Crippen molar-refractivity contribution in [3.8, 4) is 0 Å². The fourth-order valence-electron chi connectivity index (χ4n) is 2.49. The van der Waals surface area contributed by atoms with Gasteiger partial charge in [0, 0.05) is 6.21 Å². The highest BCUT2D eigenvalue weighted by atomic mass is 19.1. The Kier molecular flexibility index (Phi) is 4.50. The van der Waals surface area contributed by atoms with E-state index in [2.05, 4.69) is 4.99 Å². The molecule has 0 aliphatic heterocycles. The van der Waals surface area contributed by atoms with E-state index in [1.165, 1.54) is 12.3 Å². The quantitative estimate of drug-likeness (QED) is 0.734. The van der Waals surface area contributed by atoms with Gasteiger partial charge in [0.25, 0.3) is 0 Å². The van der Waals surface area contributed by atoms with Gasteiger partial charge in [0.15, 0.2) is 11.6 Å². The lowest BCUT2D eigenvalue weighted by atomic mass is 9.77. The van der Waals surface area contributed by atoms with Gasteiger partial charge in [-0.15, -0.1) is 0 Å². The molecule has 2 nitrogen and oxygen atoms in total. The summed E-state index contributed by atoms with van der Waals surface area (Å²) in [5, 5.41) is 10.5. The molecule has 1 aliphatic rings. The lowest BCUT2D eigenvalue weighted by Crippen LogP contribution is -2.23. The van der Waals surface area contributed by atoms with Gasteiger partial charge in [-0.1, -0.05) is 45.9 Å². The molecule has 22 heavy (non-hydrogen) atoms. The van der Waals surface area contributed by atoms with Gasteiger partial charge in [0.1, 0.15) is 11.4 Å². The molecule has 1 aromatic rings. The van der Waals surface area contributed by atoms with Crippen molar-refractivity contribution in [3.05, 3.63) is 53.3 Å². The number of aliphatic hydroxyl groups excluding tert-OH is 1. The Hall–Kier alpha value is -1.97. The van der Waals surface area contributed by atoms with Gasteiger partial charge in [-0.05, 0) is 29.0 Å². The van der Waals surface area contributed by atoms with Gasteiger partial charge in [-0.3, -0.25) is 4.99 Å². The molecule has 0 spiro atoms. The lowest BCUT2D eigenvalue weighted by Gasteiger charge is -2.30. The summed E-state index contributed by atoms with van der Waals surface area (Å²) in [5.41, 5.74) is 0.279. The molecule has 118 valence electrons. The summed E-state index contributed by atoms with van der Waals surface area (Å²) in [5.74, 6) is -1.60. The van der Waals surface area contributed by atoms with Crippen LogP contribution in [0, 0.1) is 28.9 Å². The third-order valence-electron chi connectivity index (χ3n) is 3.83. The number of aliphatic hydroxyl groups is 1. The number of hydrogen-bond donors (Lipinski definition) is 1. The van der Waals surface area contributed by atoms with Crippen molar-refractivity contribution < 1.29 is 13.9 Å². The van der Waals surface area contributed by atoms with Crippen LogP contribution in [0.2, 0.25) is 0 Å². The Morgan fingerprint density at radius 1 is 1.18 bits per heavy atom. The standard InChI is InChI=1S/C18H21F2NO/c1-11-8-9-13(18(2,3)4)17(22)12(11)10-21-16-14(19)6-5-7-15(16)20/h5-12,22H,1-4H3. The number of halogens is 2. The second kappa shape index (κ2) is 6.03. The van der Waals surface area contributed by atoms with Crippen molar-refractivity contribution >= 4 is 11.9 Å². The Bertz CT molecular complexity index is 633. The molecular weight excluding hydrogens is 284 g/mol. The fraction of sp³-hybridized carbons (Fsp3) is 0.389. The molecule has 1 aromatic carbocycles. The third-order valence-corrected chi connectivity index (χ3v) is 3.83. The highest BCUT2D eigenvalue weighted by Crippen LogP contribution is 2.37. The molecule has 0 aromatic heterocycles. The maximum absolute atomic E-state index is 13.6. The first-order chi connectivity index (χ1) is 10.2. The van der Waals surface area contributed by atoms with Crippen molar-refractivity contribution in [3.63, 3.8) is 0 Å². The Morgan fingerprint density at radius 3 is 2.32 bits per heavy atom. The van der Waals surface area contributed by atoms with E-state index in [1.807, 2.05) is 39.8 Å². The van der Waals surface area contributed by atoms with Gasteiger partial charge in [-0.25, -0.2) is 8.78 Å². The number of benzene rings is 1. The molecule has 1 N–H and O–H groups in total. The Balaban J connectivity index is 2.38. The molecule has 0 amide bonds. The van der Waals surface area contributed by atoms with Crippen LogP contribution in [0.25, 0.3) is 0 Å². The zero-order valence-electron chi connectivity index (χ0n) is 13.3. The first-order valence-electron chi connectivity index (χ1n) is 7.32. The van der Waals surface area contributed by atoms with E-state index < -0.39 is 17.6 Å². The van der Waals surface area contributed by atoms with Crippen LogP contribution in [0.1, 0.15) is 27.7 Å². The Labute approximate surface area is 129 Å². The second-order valence-corrected chi connectivity index (χ2v) is 6.64. The van der Waals surface area contributed by atoms with E-state index in [4.69, 9.17) is 0 Å². The number of hydrogen-bond acceptors (Lipinski definition) is 2. The van der Waals surface area contributed by atoms with Crippen molar-refractivity contribution in [1.82, 2.24) is 0 Å². The Morgan fingerprint density at radius 2 is 1.77 bits per heavy atom. The summed E-state index contributed by atoms with van der Waals surface area (Å²) >= 11 is 0. The van der Waals surface area contributed by atoms with E-state index in [1.54, 1.807) is 0 Å². The van der Waals surface area contributed by atoms with E-state index in [0.717, 1.165) is 17.7 Å². The van der Waals surface area contributed by atoms with Gasteiger partial charge in [0.2, 0.25) is 0 Å². The molecule has 4 heteroatoms. The lowest BCUT2D eigenvalue weighted by molar-refractivity contribution is 0.314. The van der Waals surface area contributed by atoms with Crippen LogP contribution in [-0.4, -0.2) is 11.3 Å². The highest BCUT2D eigenvalue weighted by molar-refractivity contribution is 5.71. The smallest absolute Gasteiger partial charge is 0.151 e. The van der Waals surface area contributed by atoms with Crippen molar-refractivity contribution in [2.75, 3.05) is 0 Å². The average molecular weight is 305 g/mol. The van der Waals surface area contributed by atoms with Crippen LogP contribution in [0.5, 0.6) is 0 Å². The highest BCUT2D eigenvalue weighted by Gasteiger charge is 2.29. The summed E-state index contributed by atoms with van der Waals surface area (Å²) in [6.07, 6.45) is 5.32. The van der Waals surface area contributed by atoms with Crippen LogP contribution in [0.3, 0.4) is 0 Å². The van der Waals surface area contributed by atoms with E-state index >= 15 is 0 Å². The monoisotopic (exact) mass is 305 g/mol. The summed E-state index contributed by atoms with van der Waals surface area (Å²) in [7, 11) is 0. The predicted octanol–water partition coefficient (Wildman–Crippen LogP) is 5.35. The molecule has 1 aliphatic carbocycles. The normalized spacial score (nSPS) is 22.6. The minimum Gasteiger partial charge on any atom is -0.511 e. The molecule has 2 unspecified atom stereocenters. The van der Waals surface area contributed by atoms with E-state index in [-0.39, 0.29) is 22.8 Å². The fourth-order valence-corrected chi connectivity index (χ4v) is 2.49. The number of aliphatic imine (C=N–C) groups is 1. The molecule has 2 rings (SSSR count). The van der Waals surface area contributed by atoms with Crippen LogP contribution in [0.4, 0.5) is 14.5 Å². The second-order valence-electron chi connectivity index (χ2n) is 6.64. The maximum atomic E-state index is 13.6. The predicted molar refractivity (Wildman–Crippen MR) is 85.4 cm³/mol. The SMILES string of the molecule is CC1C=CC(C(C)(C)C)=C(O)C1C=Nc1c(F)cccc1F. The van der Waals surface area contributed by atoms with E-state index in [0.29, 0.717) is 0 Å². The first-order valence-corrected chi connectivity index (χ1v) is 7.32. The number of allylic oxidation sites excluding steroid dienone is 4. The molecule has 0 saturated heterocycles. The maximum Gasteiger partial charge on any atom is 0.151 e. The minimum atomic E-state index is -0.713. The zero-order valence-corrected chi connectivity index (χ0v) is 13.3. The van der Waals surface area contributed by atoms with Crippen LogP contribution < -0.4 is 0 Å². The molecule has 0 radical (unpaired) electrons. The topological polar surface area (TPSA) is 32.6 Å². The van der Waals surface area contributed by atoms with Crippen molar-refractivity contribution in [1.29, 1.82) is 0 Å². The summed E-state index contributed by atoms with van der Waals surface area (Å²) in [6.45, 7) is 7.94. The van der Waals surface area contributed by atoms with Gasteiger partial charge >= 0.3 is 0 Å². The van der Waals surface area contributed by atoms with Crippen LogP contribution in [0.15, 0.2) is 46.7 Å². The molecule has 0 heterocycles. The minimum absolute atomic E-state index is 0.00434. The summed E-state index contributed by atoms with van der Waals surface area (Å²) in [6, 6.07) is 3.62. The number of rotatable bonds is 2. The average Bonchev–Trinajstić information content (AvgIpc) is 2.39. The number of para-hydroxylation sites is 1. The van der Waals surface area contributed by atoms with Gasteiger partial charge in [0.05, 0.1) is 5.92 Å². The first kappa shape index (κ1) is 16.4. The molecule has 0 saturated carbocycles. The molecule has 0 fully saturated rings. The van der Waals surface area contributed by atoms with Gasteiger partial charge < -0.3 is 5.11 Å².